The van der Waals surface area contributed by atoms with E-state index in [2.05, 4.69) is 50.5 Å². The van der Waals surface area contributed by atoms with Crippen molar-refractivity contribution in [3.63, 3.8) is 0 Å². The first-order valence-electron chi connectivity index (χ1n) is 34.9. The maximum absolute atomic E-state index is 14.1. The van der Waals surface area contributed by atoms with Crippen LogP contribution in [0.1, 0.15) is 285 Å². The number of hydrogen-bond acceptors (Lipinski definition) is 19. The van der Waals surface area contributed by atoms with Crippen molar-refractivity contribution in [1.82, 2.24) is 10.6 Å². The Morgan fingerprint density at radius 2 is 0.903 bits per heavy atom. The molecule has 2 aliphatic rings. The third-order valence-electron chi connectivity index (χ3n) is 16.8. The Bertz CT molecular complexity index is 1920. The second kappa shape index (κ2) is 63.9. The van der Waals surface area contributed by atoms with Gasteiger partial charge in [0.15, 0.2) is 12.6 Å². The summed E-state index contributed by atoms with van der Waals surface area (Å²) < 4.78 is 77.9. The summed E-state index contributed by atoms with van der Waals surface area (Å²) in [6, 6.07) is -3.00. The molecule has 524 valence electrons. The molecule has 0 bridgehead atoms. The Labute approximate surface area is 650 Å². The van der Waals surface area contributed by atoms with Crippen LogP contribution in [0.25, 0.3) is 0 Å². The van der Waals surface area contributed by atoms with Crippen LogP contribution >= 0.6 is 15.6 Å². The second-order valence-corrected chi connectivity index (χ2v) is 27.0. The van der Waals surface area contributed by atoms with Crippen molar-refractivity contribution in [3.05, 3.63) is 12.2 Å². The molecule has 2 aliphatic heterocycles. The Morgan fingerprint density at radius 3 is 1.41 bits per heavy atom. The number of nitrogens with one attached hydrogen (secondary N) is 2. The summed E-state index contributed by atoms with van der Waals surface area (Å²) in [5, 5.41) is 17.7. The molecule has 1 unspecified atom stereocenters. The van der Waals surface area contributed by atoms with Gasteiger partial charge < -0.3 is 86.6 Å². The van der Waals surface area contributed by atoms with E-state index >= 15 is 0 Å². The molecule has 2 amide bonds. The molecule has 2 rings (SSSR count). The fraction of sp³-hybridized carbons (Fsp3) is 0.924. The molecule has 3 N–H and O–H groups in total. The third kappa shape index (κ3) is 50.3. The fourth-order valence-electron chi connectivity index (χ4n) is 11.7. The molecule has 0 aromatic heterocycles. The van der Waals surface area contributed by atoms with E-state index in [9.17, 15) is 48.2 Å². The zero-order valence-corrected chi connectivity index (χ0v) is 69.6. The molecule has 2 heterocycles. The van der Waals surface area contributed by atoms with Gasteiger partial charge in [-0.2, -0.15) is 0 Å². The first kappa shape index (κ1) is 99.4. The molecule has 0 aliphatic carbocycles. The summed E-state index contributed by atoms with van der Waals surface area (Å²) >= 11 is 0. The maximum Gasteiger partial charge on any atom is 1.00 e. The standard InChI is InChI=1S/C66H126N2O19P2.4Na/c1-7-11-15-19-22-25-26-27-28-29-30-32-34-38-42-46-57(70)67-60-64(82-49-47-54(80-6)45-41-36-18-14-10-4)62(86-88(73,74)75)56(51-79-5)85-65(60)83-52-55-61(72)63(81-48-43-39-35-24-21-17-13-9-3)59(66(84-55)87-89(76,77)78)68-58(71)50-53(69)44-40-37-33-31-23-20-16-12-8-2;;;;/h25-26,54-56,59-66,72H,7-24,27-52H2,1-6H3,(H,67,70)(H,68,71)(H2,73,74,75)(H2,76,77,78);;;;/q;4*+1/p-4/b26-25-;;;;/t54-,55-,56-,59-,60-,61?,62-,63-,64-,65-,66-;;;;/m1..../s1. The van der Waals surface area contributed by atoms with Gasteiger partial charge in [0, 0.05) is 40.3 Å². The Morgan fingerprint density at radius 1 is 0.473 bits per heavy atom. The Kier molecular flexibility index (Phi) is 68.3. The molecule has 27 heteroatoms. The summed E-state index contributed by atoms with van der Waals surface area (Å²) in [6.07, 6.45) is 28.0. The summed E-state index contributed by atoms with van der Waals surface area (Å²) in [7, 11) is -8.77. The van der Waals surface area contributed by atoms with Crippen LogP contribution in [0.3, 0.4) is 0 Å². The number of unbranched alkanes of at least 4 members (excludes halogenated alkanes) is 30. The first-order chi connectivity index (χ1) is 42.9. The van der Waals surface area contributed by atoms with E-state index in [1.165, 1.54) is 58.5 Å². The van der Waals surface area contributed by atoms with E-state index in [1.807, 2.05) is 0 Å². The van der Waals surface area contributed by atoms with Crippen molar-refractivity contribution >= 4 is 33.2 Å². The van der Waals surface area contributed by atoms with E-state index in [0.717, 1.165) is 161 Å². The molecule has 93 heavy (non-hydrogen) atoms. The molecule has 0 spiro atoms. The summed E-state index contributed by atoms with van der Waals surface area (Å²) in [6.45, 7) is 7.64. The van der Waals surface area contributed by atoms with E-state index in [1.54, 1.807) is 7.11 Å². The molecule has 0 radical (unpaired) electrons. The van der Waals surface area contributed by atoms with Gasteiger partial charge in [0.2, 0.25) is 11.8 Å². The summed E-state index contributed by atoms with van der Waals surface area (Å²) in [5.41, 5.74) is 0. The van der Waals surface area contributed by atoms with Crippen LogP contribution in [0, 0.1) is 0 Å². The largest absolute Gasteiger partial charge is 1.00 e. The third-order valence-corrected chi connectivity index (χ3v) is 17.8. The smallest absolute Gasteiger partial charge is 0.790 e. The molecule has 0 aromatic carbocycles. The minimum atomic E-state index is -5.90. The van der Waals surface area contributed by atoms with E-state index in [4.69, 9.17) is 42.2 Å². The van der Waals surface area contributed by atoms with Crippen LogP contribution in [0.15, 0.2) is 12.2 Å². The van der Waals surface area contributed by atoms with Crippen molar-refractivity contribution in [2.45, 2.75) is 352 Å². The number of phosphoric acid groups is 2. The monoisotopic (exact) mass is 1400 g/mol. The minimum absolute atomic E-state index is 0. The number of rotatable bonds is 59. The SMILES string of the molecule is CCCCCC/C=C\CCCCCCCCCC(=O)N[C@H]1[C@H](OC[C@H]2O[C@H](OP(=O)([O-])[O-])[C@H](NC(=O)CC(=O)CCCCCCCCCCC)[C@@H](OCCCCCCCCCC)C2O)O[C@H](COC)[C@@H](OP(=O)([O-])[O-])[C@@H]1OCC[C@@H](CCCCCCC)OC.[Na+].[Na+].[Na+].[Na+]. The van der Waals surface area contributed by atoms with E-state index < -0.39 is 102 Å². The molecular formula is C66H122N2Na4O19P2. The van der Waals surface area contributed by atoms with Gasteiger partial charge >= 0.3 is 118 Å². The van der Waals surface area contributed by atoms with E-state index in [0.29, 0.717) is 25.7 Å². The quantitative estimate of drug-likeness (QED) is 0.0219. The average molecular weight is 1400 g/mol. The molecule has 0 saturated carbocycles. The topological polar surface area (TPSA) is 305 Å². The van der Waals surface area contributed by atoms with Crippen molar-refractivity contribution in [3.8, 4) is 0 Å². The van der Waals surface area contributed by atoms with Crippen molar-refractivity contribution in [2.24, 2.45) is 0 Å². The molecule has 2 saturated heterocycles. The van der Waals surface area contributed by atoms with Crippen molar-refractivity contribution in [2.75, 3.05) is 40.6 Å². The van der Waals surface area contributed by atoms with Crippen LogP contribution in [0.4, 0.5) is 0 Å². The van der Waals surface area contributed by atoms with Crippen LogP contribution in [0.5, 0.6) is 0 Å². The number of ether oxygens (including phenoxy) is 7. The zero-order valence-electron chi connectivity index (χ0n) is 59.8. The number of hydrogen-bond donors (Lipinski definition) is 3. The molecule has 2 fully saturated rings. The number of Topliss-reactive ketones (excluding diaryl/α,β-unsaturated/α-hetero) is 1. The Hall–Kier alpha value is 2.25. The number of ketones is 1. The normalized spacial score (nSPS) is 21.9. The molecule has 11 atom stereocenters. The number of aliphatic hydroxyl groups is 1. The fourth-order valence-corrected chi connectivity index (χ4v) is 12.7. The van der Waals surface area contributed by atoms with Crippen LogP contribution in [-0.4, -0.2) is 131 Å². The number of aliphatic hydroxyl groups excluding tert-OH is 1. The number of carbonyl (C=O) groups is 3. The number of methoxy groups -OCH3 is 2. The second-order valence-electron chi connectivity index (χ2n) is 24.7. The number of carbonyl (C=O) groups excluding carboxylic acids is 3. The maximum atomic E-state index is 14.1. The van der Waals surface area contributed by atoms with Gasteiger partial charge in [0.25, 0.3) is 0 Å². The number of allylic oxidation sites excluding steroid dienone is 2. The predicted molar refractivity (Wildman–Crippen MR) is 338 cm³/mol. The van der Waals surface area contributed by atoms with E-state index in [-0.39, 0.29) is 163 Å². The summed E-state index contributed by atoms with van der Waals surface area (Å²) in [5.74, 6) is -1.64. The van der Waals surface area contributed by atoms with Gasteiger partial charge in [-0.1, -0.05) is 220 Å². The minimum Gasteiger partial charge on any atom is -0.790 e. The number of amides is 2. The van der Waals surface area contributed by atoms with Crippen molar-refractivity contribution < 1.29 is 209 Å². The van der Waals surface area contributed by atoms with Gasteiger partial charge in [0.1, 0.15) is 54.5 Å². The van der Waals surface area contributed by atoms with Crippen molar-refractivity contribution in [1.29, 1.82) is 0 Å². The number of phosphoric ester groups is 2. The average Bonchev–Trinajstić information content (AvgIpc) is 0.798. The van der Waals surface area contributed by atoms with Gasteiger partial charge in [-0.05, 0) is 57.8 Å². The molecule has 0 aromatic rings. The van der Waals surface area contributed by atoms with Gasteiger partial charge in [0.05, 0.1) is 41.4 Å². The van der Waals surface area contributed by atoms with Crippen LogP contribution in [-0.2, 0) is 65.7 Å². The van der Waals surface area contributed by atoms with Gasteiger partial charge in [-0.15, -0.1) is 0 Å². The Balaban J connectivity index is -0.0000202. The summed E-state index contributed by atoms with van der Waals surface area (Å²) in [4.78, 5) is 90.9. The van der Waals surface area contributed by atoms with Crippen LogP contribution in [0.2, 0.25) is 0 Å². The first-order valence-corrected chi connectivity index (χ1v) is 37.9. The van der Waals surface area contributed by atoms with Crippen LogP contribution < -0.4 is 148 Å². The molecule has 21 nitrogen and oxygen atoms in total. The predicted octanol–water partition coefficient (Wildman–Crippen LogP) is -0.901. The van der Waals surface area contributed by atoms with Gasteiger partial charge in [-0.3, -0.25) is 14.4 Å². The zero-order chi connectivity index (χ0) is 65.4. The molecular weight excluding hydrogens is 1280 g/mol. The van der Waals surface area contributed by atoms with Gasteiger partial charge in [-0.25, -0.2) is 0 Å².